The van der Waals surface area contributed by atoms with Crippen LogP contribution in [0.15, 0.2) is 34.9 Å². The second kappa shape index (κ2) is 8.21. The van der Waals surface area contributed by atoms with Crippen molar-refractivity contribution in [3.63, 3.8) is 0 Å². The molecule has 6 heteroatoms. The zero-order valence-electron chi connectivity index (χ0n) is 16.0. The summed E-state index contributed by atoms with van der Waals surface area (Å²) < 4.78 is 5.43. The lowest BCUT2D eigenvalue weighted by Crippen LogP contribution is -2.47. The molecule has 2 saturated heterocycles. The van der Waals surface area contributed by atoms with E-state index < -0.39 is 0 Å². The van der Waals surface area contributed by atoms with Gasteiger partial charge in [0.1, 0.15) is 0 Å². The maximum absolute atomic E-state index is 11.5. The molecule has 2 aliphatic heterocycles. The predicted octanol–water partition coefficient (Wildman–Crippen LogP) is 3.14. The van der Waals surface area contributed by atoms with Gasteiger partial charge in [-0.15, -0.1) is 0 Å². The van der Waals surface area contributed by atoms with Crippen LogP contribution < -0.4 is 0 Å². The Morgan fingerprint density at radius 1 is 1.15 bits per heavy atom. The average molecular weight is 368 g/mol. The van der Waals surface area contributed by atoms with Gasteiger partial charge in [-0.2, -0.15) is 4.98 Å². The third-order valence-electron chi connectivity index (χ3n) is 5.99. The van der Waals surface area contributed by atoms with Crippen molar-refractivity contribution in [3.8, 4) is 11.5 Å². The minimum atomic E-state index is 0.206. The van der Waals surface area contributed by atoms with Crippen molar-refractivity contribution in [1.29, 1.82) is 0 Å². The second-order valence-electron chi connectivity index (χ2n) is 7.69. The first kappa shape index (κ1) is 18.2. The molecule has 1 atom stereocenters. The molecule has 4 rings (SSSR count). The number of likely N-dealkylation sites (tertiary alicyclic amines) is 2. The van der Waals surface area contributed by atoms with Crippen molar-refractivity contribution in [1.82, 2.24) is 19.9 Å². The number of hydrogen-bond donors (Lipinski definition) is 0. The average Bonchev–Trinajstić information content (AvgIpc) is 3.36. The summed E-state index contributed by atoms with van der Waals surface area (Å²) in [5.74, 6) is 1.61. The van der Waals surface area contributed by atoms with Crippen LogP contribution >= 0.6 is 0 Å². The van der Waals surface area contributed by atoms with Crippen molar-refractivity contribution in [2.24, 2.45) is 0 Å². The summed E-state index contributed by atoms with van der Waals surface area (Å²) in [6, 6.07) is 11.1. The molecule has 1 aromatic carbocycles. The summed E-state index contributed by atoms with van der Waals surface area (Å²) in [5.41, 5.74) is 0.968. The predicted molar refractivity (Wildman–Crippen MR) is 103 cm³/mol. The largest absolute Gasteiger partial charge is 0.343 e. The van der Waals surface area contributed by atoms with Crippen LogP contribution in [-0.2, 0) is 11.2 Å². The molecule has 1 aromatic heterocycles. The van der Waals surface area contributed by atoms with Gasteiger partial charge in [-0.3, -0.25) is 9.69 Å². The highest BCUT2D eigenvalue weighted by atomic mass is 16.5. The molecule has 144 valence electrons. The number of carbonyl (C=O) groups is 1. The van der Waals surface area contributed by atoms with E-state index in [4.69, 9.17) is 4.52 Å². The molecule has 6 nitrogen and oxygen atoms in total. The number of nitrogens with zero attached hydrogens (tertiary/aromatic N) is 4. The zero-order valence-corrected chi connectivity index (χ0v) is 16.0. The van der Waals surface area contributed by atoms with Gasteiger partial charge in [-0.05, 0) is 50.8 Å². The van der Waals surface area contributed by atoms with Gasteiger partial charge in [0.05, 0.1) is 0 Å². The molecule has 0 bridgehead atoms. The van der Waals surface area contributed by atoms with Crippen LogP contribution in [0.1, 0.15) is 44.9 Å². The van der Waals surface area contributed by atoms with E-state index in [0.717, 1.165) is 50.2 Å². The molecule has 0 aliphatic carbocycles. The normalized spacial score (nSPS) is 21.7. The summed E-state index contributed by atoms with van der Waals surface area (Å²) >= 11 is 0. The van der Waals surface area contributed by atoms with Crippen LogP contribution in [0.4, 0.5) is 0 Å². The Hall–Kier alpha value is -2.21. The minimum absolute atomic E-state index is 0.206. The lowest BCUT2D eigenvalue weighted by Gasteiger charge is -2.39. The van der Waals surface area contributed by atoms with E-state index in [0.29, 0.717) is 18.0 Å². The van der Waals surface area contributed by atoms with Crippen molar-refractivity contribution in [2.45, 2.75) is 57.5 Å². The molecule has 1 unspecified atom stereocenters. The molecule has 1 amide bonds. The number of aryl methyl sites for hydroxylation is 1. The quantitative estimate of drug-likeness (QED) is 0.811. The number of amides is 1. The number of aromatic nitrogens is 2. The second-order valence-corrected chi connectivity index (χ2v) is 7.69. The van der Waals surface area contributed by atoms with Crippen LogP contribution in [0, 0.1) is 0 Å². The summed E-state index contributed by atoms with van der Waals surface area (Å²) in [6.45, 7) is 4.65. The fraction of sp³-hybridized carbons (Fsp3) is 0.571. The molecule has 0 saturated carbocycles. The van der Waals surface area contributed by atoms with Crippen LogP contribution in [0.5, 0.6) is 0 Å². The molecular formula is C21H28N4O2. The molecule has 27 heavy (non-hydrogen) atoms. The lowest BCUT2D eigenvalue weighted by atomic mass is 10.0. The lowest BCUT2D eigenvalue weighted by molar-refractivity contribution is -0.130. The fourth-order valence-corrected chi connectivity index (χ4v) is 4.51. The number of carbonyl (C=O) groups excluding carboxylic acids is 1. The van der Waals surface area contributed by atoms with Crippen molar-refractivity contribution in [3.05, 3.63) is 36.2 Å². The standard InChI is InChI=1S/C21H28N4O2/c1-16(26)24-14-11-19(12-15-24)25-13-5-8-18(25)9-10-20-22-21(27-23-20)17-6-3-2-4-7-17/h2-4,6-7,18-19H,5,8-15H2,1H3. The molecule has 0 radical (unpaired) electrons. The highest BCUT2D eigenvalue weighted by Gasteiger charge is 2.33. The van der Waals surface area contributed by atoms with Gasteiger partial charge < -0.3 is 9.42 Å². The maximum atomic E-state index is 11.5. The topological polar surface area (TPSA) is 62.5 Å². The number of piperidine rings is 1. The molecule has 2 aliphatic rings. The first-order chi connectivity index (χ1) is 13.2. The van der Waals surface area contributed by atoms with Crippen LogP contribution in [0.2, 0.25) is 0 Å². The minimum Gasteiger partial charge on any atom is -0.343 e. The fourth-order valence-electron chi connectivity index (χ4n) is 4.51. The first-order valence-electron chi connectivity index (χ1n) is 10.1. The number of benzene rings is 1. The van der Waals surface area contributed by atoms with Crippen LogP contribution in [0.25, 0.3) is 11.5 Å². The Morgan fingerprint density at radius 3 is 2.67 bits per heavy atom. The van der Waals surface area contributed by atoms with Gasteiger partial charge >= 0.3 is 0 Å². The van der Waals surface area contributed by atoms with Crippen molar-refractivity contribution >= 4 is 5.91 Å². The van der Waals surface area contributed by atoms with Gasteiger partial charge in [0.25, 0.3) is 5.89 Å². The van der Waals surface area contributed by atoms with Gasteiger partial charge in [0.15, 0.2) is 5.82 Å². The summed E-state index contributed by atoms with van der Waals surface area (Å²) in [6.07, 6.45) is 6.62. The Balaban J connectivity index is 1.32. The van der Waals surface area contributed by atoms with E-state index in [1.54, 1.807) is 6.92 Å². The Morgan fingerprint density at radius 2 is 1.93 bits per heavy atom. The molecule has 0 N–H and O–H groups in total. The first-order valence-corrected chi connectivity index (χ1v) is 10.1. The maximum Gasteiger partial charge on any atom is 0.257 e. The highest BCUT2D eigenvalue weighted by Crippen LogP contribution is 2.28. The molecule has 3 heterocycles. The SMILES string of the molecule is CC(=O)N1CCC(N2CCCC2CCc2noc(-c3ccccc3)n2)CC1. The molecular weight excluding hydrogens is 340 g/mol. The smallest absolute Gasteiger partial charge is 0.257 e. The van der Waals surface area contributed by atoms with Crippen LogP contribution in [0.3, 0.4) is 0 Å². The van der Waals surface area contributed by atoms with Gasteiger partial charge in [0.2, 0.25) is 5.91 Å². The third-order valence-corrected chi connectivity index (χ3v) is 5.99. The zero-order chi connectivity index (χ0) is 18.6. The van der Waals surface area contributed by atoms with Crippen LogP contribution in [-0.4, -0.2) is 57.6 Å². The van der Waals surface area contributed by atoms with E-state index in [1.165, 1.54) is 19.4 Å². The van der Waals surface area contributed by atoms with E-state index in [1.807, 2.05) is 35.2 Å². The number of rotatable bonds is 5. The van der Waals surface area contributed by atoms with Gasteiger partial charge in [-0.1, -0.05) is 23.4 Å². The molecule has 0 spiro atoms. The van der Waals surface area contributed by atoms with Gasteiger partial charge in [0, 0.05) is 44.1 Å². The Kier molecular flexibility index (Phi) is 5.53. The third kappa shape index (κ3) is 4.21. The Bertz CT molecular complexity index is 753. The van der Waals surface area contributed by atoms with E-state index in [-0.39, 0.29) is 5.91 Å². The van der Waals surface area contributed by atoms with E-state index in [9.17, 15) is 4.79 Å². The van der Waals surface area contributed by atoms with Gasteiger partial charge in [-0.25, -0.2) is 0 Å². The monoisotopic (exact) mass is 368 g/mol. The van der Waals surface area contributed by atoms with E-state index >= 15 is 0 Å². The van der Waals surface area contributed by atoms with E-state index in [2.05, 4.69) is 15.0 Å². The molecule has 2 fully saturated rings. The van der Waals surface area contributed by atoms with Crippen molar-refractivity contribution < 1.29 is 9.32 Å². The number of hydrogen-bond acceptors (Lipinski definition) is 5. The summed E-state index contributed by atoms with van der Waals surface area (Å²) in [7, 11) is 0. The van der Waals surface area contributed by atoms with Crippen molar-refractivity contribution in [2.75, 3.05) is 19.6 Å². The highest BCUT2D eigenvalue weighted by molar-refractivity contribution is 5.73. The summed E-state index contributed by atoms with van der Waals surface area (Å²) in [5, 5.41) is 4.17. The summed E-state index contributed by atoms with van der Waals surface area (Å²) in [4.78, 5) is 20.8. The molecule has 2 aromatic rings. The Labute approximate surface area is 160 Å².